The summed E-state index contributed by atoms with van der Waals surface area (Å²) in [5.74, 6) is -1.67. The van der Waals surface area contributed by atoms with Crippen molar-refractivity contribution < 1.29 is 21.6 Å². The average molecular weight is 407 g/mol. The molecule has 1 aromatic heterocycles. The minimum Gasteiger partial charge on any atom is -0.439 e. The number of halogens is 2. The van der Waals surface area contributed by atoms with Crippen LogP contribution in [-0.4, -0.2) is 48.8 Å². The first-order chi connectivity index (χ1) is 13.3. The van der Waals surface area contributed by atoms with Gasteiger partial charge in [0.1, 0.15) is 5.52 Å². The summed E-state index contributed by atoms with van der Waals surface area (Å²) >= 11 is 0. The fourth-order valence-corrected chi connectivity index (χ4v) is 4.69. The zero-order valence-electron chi connectivity index (χ0n) is 15.2. The number of aryl methyl sites for hydroxylation is 1. The molecule has 1 aliphatic heterocycles. The van der Waals surface area contributed by atoms with Crippen LogP contribution in [0.3, 0.4) is 0 Å². The molecule has 0 N–H and O–H groups in total. The van der Waals surface area contributed by atoms with E-state index in [2.05, 4.69) is 9.88 Å². The lowest BCUT2D eigenvalue weighted by Crippen LogP contribution is -2.48. The van der Waals surface area contributed by atoms with Crippen molar-refractivity contribution in [3.05, 3.63) is 59.5 Å². The number of hydrogen-bond donors (Lipinski definition) is 0. The quantitative estimate of drug-likeness (QED) is 0.665. The van der Waals surface area contributed by atoms with Crippen molar-refractivity contribution in [2.24, 2.45) is 0 Å². The van der Waals surface area contributed by atoms with Crippen molar-refractivity contribution in [1.82, 2.24) is 14.2 Å². The van der Waals surface area contributed by atoms with Gasteiger partial charge in [-0.1, -0.05) is 6.07 Å². The van der Waals surface area contributed by atoms with Crippen LogP contribution in [0.5, 0.6) is 0 Å². The second kappa shape index (κ2) is 7.23. The third-order valence-electron chi connectivity index (χ3n) is 4.81. The van der Waals surface area contributed by atoms with Crippen molar-refractivity contribution in [3.8, 4) is 0 Å². The van der Waals surface area contributed by atoms with Gasteiger partial charge >= 0.3 is 0 Å². The Morgan fingerprint density at radius 3 is 2.50 bits per heavy atom. The largest absolute Gasteiger partial charge is 0.439 e. The molecule has 2 aromatic carbocycles. The highest BCUT2D eigenvalue weighted by Gasteiger charge is 2.29. The molecule has 0 aliphatic carbocycles. The molecule has 0 saturated carbocycles. The molecule has 148 valence electrons. The molecule has 0 spiro atoms. The van der Waals surface area contributed by atoms with E-state index in [1.165, 1.54) is 4.31 Å². The van der Waals surface area contributed by atoms with E-state index in [0.717, 1.165) is 34.9 Å². The number of sulfonamides is 1. The third kappa shape index (κ3) is 3.65. The zero-order chi connectivity index (χ0) is 19.9. The van der Waals surface area contributed by atoms with Crippen molar-refractivity contribution in [2.75, 3.05) is 26.2 Å². The first kappa shape index (κ1) is 19.0. The number of nitrogens with zero attached hydrogens (tertiary/aromatic N) is 3. The Hall–Kier alpha value is -2.36. The van der Waals surface area contributed by atoms with Crippen LogP contribution in [0.4, 0.5) is 8.78 Å². The van der Waals surface area contributed by atoms with Gasteiger partial charge in [0.2, 0.25) is 15.9 Å². The molecular weight excluding hydrogens is 388 g/mol. The van der Waals surface area contributed by atoms with E-state index >= 15 is 0 Å². The summed E-state index contributed by atoms with van der Waals surface area (Å²) in [6, 6.07) is 8.42. The lowest BCUT2D eigenvalue weighted by atomic mass is 10.2. The van der Waals surface area contributed by atoms with Crippen LogP contribution < -0.4 is 0 Å². The molecule has 0 amide bonds. The molecule has 1 aliphatic rings. The van der Waals surface area contributed by atoms with Gasteiger partial charge in [0.15, 0.2) is 17.2 Å². The maximum Gasteiger partial charge on any atom is 0.243 e. The molecule has 0 atom stereocenters. The molecule has 2 heterocycles. The van der Waals surface area contributed by atoms with Crippen molar-refractivity contribution in [2.45, 2.75) is 18.4 Å². The molecular formula is C19H19F2N3O3S. The molecule has 1 fully saturated rings. The fourth-order valence-electron chi connectivity index (χ4n) is 3.26. The van der Waals surface area contributed by atoms with E-state index in [1.807, 2.05) is 25.1 Å². The van der Waals surface area contributed by atoms with Gasteiger partial charge in [0, 0.05) is 26.2 Å². The number of aromatic nitrogens is 1. The predicted octanol–water partition coefficient (Wildman–Crippen LogP) is 2.92. The molecule has 4 rings (SSSR count). The highest BCUT2D eigenvalue weighted by molar-refractivity contribution is 7.89. The number of fused-ring (bicyclic) bond motifs is 1. The van der Waals surface area contributed by atoms with Crippen LogP contribution >= 0.6 is 0 Å². The fraction of sp³-hybridized carbons (Fsp3) is 0.316. The van der Waals surface area contributed by atoms with E-state index in [4.69, 9.17) is 4.42 Å². The van der Waals surface area contributed by atoms with Crippen LogP contribution in [0.1, 0.15) is 11.5 Å². The average Bonchev–Trinajstić information content (AvgIpc) is 3.05. The smallest absolute Gasteiger partial charge is 0.243 e. The Morgan fingerprint density at radius 1 is 1.04 bits per heavy atom. The molecule has 28 heavy (non-hydrogen) atoms. The second-order valence-electron chi connectivity index (χ2n) is 6.83. The monoisotopic (exact) mass is 407 g/mol. The van der Waals surface area contributed by atoms with Gasteiger partial charge in [-0.2, -0.15) is 4.31 Å². The first-order valence-electron chi connectivity index (χ1n) is 8.86. The van der Waals surface area contributed by atoms with E-state index in [1.54, 1.807) is 0 Å². The molecule has 1 saturated heterocycles. The Balaban J connectivity index is 1.42. The van der Waals surface area contributed by atoms with E-state index in [0.29, 0.717) is 25.5 Å². The highest BCUT2D eigenvalue weighted by atomic mass is 32.2. The highest BCUT2D eigenvalue weighted by Crippen LogP contribution is 2.22. The van der Waals surface area contributed by atoms with E-state index in [-0.39, 0.29) is 18.0 Å². The van der Waals surface area contributed by atoms with Crippen LogP contribution in [0, 0.1) is 18.6 Å². The van der Waals surface area contributed by atoms with Gasteiger partial charge in [-0.15, -0.1) is 0 Å². The second-order valence-corrected chi connectivity index (χ2v) is 8.77. The lowest BCUT2D eigenvalue weighted by Gasteiger charge is -2.33. The summed E-state index contributed by atoms with van der Waals surface area (Å²) in [7, 11) is -3.86. The molecule has 3 aromatic rings. The topological polar surface area (TPSA) is 66.7 Å². The van der Waals surface area contributed by atoms with E-state index < -0.39 is 21.7 Å². The summed E-state index contributed by atoms with van der Waals surface area (Å²) in [5, 5.41) is 0. The Kier molecular flexibility index (Phi) is 4.90. The van der Waals surface area contributed by atoms with Crippen LogP contribution in [-0.2, 0) is 16.6 Å². The Labute approximate surface area is 161 Å². The van der Waals surface area contributed by atoms with Crippen LogP contribution in [0.15, 0.2) is 45.7 Å². The predicted molar refractivity (Wildman–Crippen MR) is 99.1 cm³/mol. The van der Waals surface area contributed by atoms with Gasteiger partial charge in [0.05, 0.1) is 11.4 Å². The van der Waals surface area contributed by atoms with E-state index in [9.17, 15) is 17.2 Å². The van der Waals surface area contributed by atoms with Crippen molar-refractivity contribution in [1.29, 1.82) is 0 Å². The molecule has 0 unspecified atom stereocenters. The molecule has 0 radical (unpaired) electrons. The van der Waals surface area contributed by atoms with Gasteiger partial charge in [-0.25, -0.2) is 22.2 Å². The van der Waals surface area contributed by atoms with Gasteiger partial charge in [-0.3, -0.25) is 4.90 Å². The summed E-state index contributed by atoms with van der Waals surface area (Å²) < 4.78 is 58.8. The minimum absolute atomic E-state index is 0.242. The Morgan fingerprint density at radius 2 is 1.79 bits per heavy atom. The van der Waals surface area contributed by atoms with Gasteiger partial charge in [0.25, 0.3) is 0 Å². The maximum atomic E-state index is 13.4. The number of hydrogen-bond acceptors (Lipinski definition) is 5. The molecule has 0 bridgehead atoms. The summed E-state index contributed by atoms with van der Waals surface area (Å²) in [5.41, 5.74) is 2.62. The van der Waals surface area contributed by atoms with Gasteiger partial charge < -0.3 is 4.42 Å². The number of piperazine rings is 1. The van der Waals surface area contributed by atoms with Gasteiger partial charge in [-0.05, 0) is 42.8 Å². The SMILES string of the molecule is Cc1ccc2oc(CN3CCN(S(=O)(=O)c4ccc(F)c(F)c4)CC3)nc2c1. The molecule has 9 heteroatoms. The number of rotatable bonds is 4. The zero-order valence-corrected chi connectivity index (χ0v) is 16.0. The summed E-state index contributed by atoms with van der Waals surface area (Å²) in [6.45, 7) is 3.94. The minimum atomic E-state index is -3.86. The van der Waals surface area contributed by atoms with Crippen molar-refractivity contribution >= 4 is 21.1 Å². The van der Waals surface area contributed by atoms with Crippen LogP contribution in [0.25, 0.3) is 11.1 Å². The first-order valence-corrected chi connectivity index (χ1v) is 10.3. The number of benzene rings is 2. The maximum absolute atomic E-state index is 13.4. The standard InChI is InChI=1S/C19H19F2N3O3S/c1-13-2-5-18-17(10-13)22-19(27-18)12-23-6-8-24(9-7-23)28(25,26)14-3-4-15(20)16(21)11-14/h2-5,10-11H,6-9,12H2,1H3. The normalized spacial score (nSPS) is 16.7. The summed E-state index contributed by atoms with van der Waals surface area (Å²) in [4.78, 5) is 6.29. The summed E-state index contributed by atoms with van der Waals surface area (Å²) in [6.07, 6.45) is 0. The lowest BCUT2D eigenvalue weighted by molar-refractivity contribution is 0.169. The van der Waals surface area contributed by atoms with Crippen molar-refractivity contribution in [3.63, 3.8) is 0 Å². The number of oxazole rings is 1. The van der Waals surface area contributed by atoms with Crippen LogP contribution in [0.2, 0.25) is 0 Å². The molecule has 6 nitrogen and oxygen atoms in total. The third-order valence-corrected chi connectivity index (χ3v) is 6.70. The Bertz CT molecular complexity index is 1120.